The molecule has 5 heteroatoms. The van der Waals surface area contributed by atoms with Crippen molar-refractivity contribution in [3.05, 3.63) is 35.9 Å². The zero-order valence-electron chi connectivity index (χ0n) is 11.1. The van der Waals surface area contributed by atoms with Crippen molar-refractivity contribution in [1.29, 1.82) is 0 Å². The van der Waals surface area contributed by atoms with E-state index in [0.29, 0.717) is 6.61 Å². The van der Waals surface area contributed by atoms with Gasteiger partial charge in [-0.3, -0.25) is 9.59 Å². The summed E-state index contributed by atoms with van der Waals surface area (Å²) in [4.78, 5) is 22.2. The van der Waals surface area contributed by atoms with Crippen LogP contribution in [0.4, 0.5) is 0 Å². The summed E-state index contributed by atoms with van der Waals surface area (Å²) < 4.78 is 5.44. The number of carbonyl (C=O) groups is 2. The molecule has 0 aliphatic rings. The Bertz CT molecular complexity index is 419. The molecule has 0 aromatic heterocycles. The van der Waals surface area contributed by atoms with Crippen LogP contribution in [0.3, 0.4) is 0 Å². The number of aliphatic carboxylic acids is 1. The van der Waals surface area contributed by atoms with Crippen molar-refractivity contribution in [2.75, 3.05) is 0 Å². The Kier molecular flexibility index (Phi) is 6.02. The van der Waals surface area contributed by atoms with E-state index in [2.05, 4.69) is 5.32 Å². The van der Waals surface area contributed by atoms with Crippen molar-refractivity contribution in [1.82, 2.24) is 5.32 Å². The Labute approximate surface area is 112 Å². The van der Waals surface area contributed by atoms with E-state index in [1.807, 2.05) is 30.3 Å². The quantitative estimate of drug-likeness (QED) is 0.784. The van der Waals surface area contributed by atoms with E-state index in [9.17, 15) is 9.59 Å². The normalized spacial score (nSPS) is 13.6. The van der Waals surface area contributed by atoms with E-state index in [0.717, 1.165) is 5.56 Å². The minimum absolute atomic E-state index is 0.100. The Morgan fingerprint density at radius 3 is 2.47 bits per heavy atom. The van der Waals surface area contributed by atoms with E-state index < -0.39 is 18.1 Å². The molecule has 5 nitrogen and oxygen atoms in total. The lowest BCUT2D eigenvalue weighted by atomic mass is 10.2. The van der Waals surface area contributed by atoms with Crippen LogP contribution in [-0.4, -0.2) is 29.1 Å². The summed E-state index contributed by atoms with van der Waals surface area (Å²) in [5, 5.41) is 11.2. The molecule has 1 rings (SSSR count). The maximum atomic E-state index is 11.7. The molecule has 104 valence electrons. The Hall–Kier alpha value is -1.88. The van der Waals surface area contributed by atoms with E-state index in [4.69, 9.17) is 9.84 Å². The van der Waals surface area contributed by atoms with Gasteiger partial charge in [0.15, 0.2) is 0 Å². The zero-order valence-corrected chi connectivity index (χ0v) is 11.1. The minimum Gasteiger partial charge on any atom is -0.481 e. The number of nitrogens with one attached hydrogen (secondary N) is 1. The predicted molar refractivity (Wildman–Crippen MR) is 70.6 cm³/mol. The van der Waals surface area contributed by atoms with Gasteiger partial charge in [-0.05, 0) is 19.4 Å². The molecule has 0 fully saturated rings. The highest BCUT2D eigenvalue weighted by molar-refractivity contribution is 5.81. The standard InChI is InChI=1S/C14H19NO4/c1-10(8-13(16)17)15-14(18)11(2)19-9-12-6-4-3-5-7-12/h3-7,10-11H,8-9H2,1-2H3,(H,15,18)(H,16,17). The predicted octanol–water partition coefficient (Wildman–Crippen LogP) is 1.57. The van der Waals surface area contributed by atoms with Gasteiger partial charge < -0.3 is 15.2 Å². The largest absolute Gasteiger partial charge is 0.481 e. The van der Waals surface area contributed by atoms with Crippen LogP contribution in [0, 0.1) is 0 Å². The van der Waals surface area contributed by atoms with Crippen molar-refractivity contribution in [3.8, 4) is 0 Å². The maximum absolute atomic E-state index is 11.7. The molecular weight excluding hydrogens is 246 g/mol. The highest BCUT2D eigenvalue weighted by Crippen LogP contribution is 2.04. The van der Waals surface area contributed by atoms with E-state index in [1.54, 1.807) is 13.8 Å². The summed E-state index contributed by atoms with van der Waals surface area (Å²) in [5.41, 5.74) is 0.987. The van der Waals surface area contributed by atoms with Crippen molar-refractivity contribution < 1.29 is 19.4 Å². The SMILES string of the molecule is CC(CC(=O)O)NC(=O)C(C)OCc1ccccc1. The monoisotopic (exact) mass is 265 g/mol. The third kappa shape index (κ3) is 6.01. The number of carbonyl (C=O) groups excluding carboxylic acids is 1. The summed E-state index contributed by atoms with van der Waals surface area (Å²) >= 11 is 0. The molecule has 2 atom stereocenters. The first kappa shape index (κ1) is 15.2. The molecule has 0 radical (unpaired) electrons. The van der Waals surface area contributed by atoms with Gasteiger partial charge >= 0.3 is 5.97 Å². The summed E-state index contributed by atoms with van der Waals surface area (Å²) in [6.45, 7) is 3.64. The Morgan fingerprint density at radius 1 is 1.26 bits per heavy atom. The number of hydrogen-bond acceptors (Lipinski definition) is 3. The molecule has 1 aromatic carbocycles. The minimum atomic E-state index is -0.939. The first-order valence-electron chi connectivity index (χ1n) is 6.16. The fourth-order valence-electron chi connectivity index (χ4n) is 1.54. The number of rotatable bonds is 7. The van der Waals surface area contributed by atoms with E-state index in [-0.39, 0.29) is 12.3 Å². The van der Waals surface area contributed by atoms with Crippen LogP contribution in [0.15, 0.2) is 30.3 Å². The average molecular weight is 265 g/mol. The van der Waals surface area contributed by atoms with Crippen LogP contribution in [0.2, 0.25) is 0 Å². The molecule has 0 bridgehead atoms. The van der Waals surface area contributed by atoms with Gasteiger partial charge in [0.1, 0.15) is 6.10 Å². The average Bonchev–Trinajstić information content (AvgIpc) is 2.36. The van der Waals surface area contributed by atoms with Crippen LogP contribution in [0.5, 0.6) is 0 Å². The number of ether oxygens (including phenoxy) is 1. The topological polar surface area (TPSA) is 75.6 Å². The van der Waals surface area contributed by atoms with Gasteiger partial charge in [-0.1, -0.05) is 30.3 Å². The van der Waals surface area contributed by atoms with Gasteiger partial charge in [-0.15, -0.1) is 0 Å². The van der Waals surface area contributed by atoms with Crippen molar-refractivity contribution >= 4 is 11.9 Å². The maximum Gasteiger partial charge on any atom is 0.305 e. The molecule has 0 aliphatic carbocycles. The summed E-state index contributed by atoms with van der Waals surface area (Å²) in [6, 6.07) is 9.13. The molecule has 2 unspecified atom stereocenters. The molecule has 1 aromatic rings. The highest BCUT2D eigenvalue weighted by atomic mass is 16.5. The van der Waals surface area contributed by atoms with Gasteiger partial charge in [0.05, 0.1) is 13.0 Å². The lowest BCUT2D eigenvalue weighted by Gasteiger charge is -2.16. The van der Waals surface area contributed by atoms with Crippen molar-refractivity contribution in [2.24, 2.45) is 0 Å². The van der Waals surface area contributed by atoms with Crippen LogP contribution in [0.1, 0.15) is 25.8 Å². The summed E-state index contributed by atoms with van der Waals surface area (Å²) in [5.74, 6) is -1.24. The molecule has 0 saturated heterocycles. The fraction of sp³-hybridized carbons (Fsp3) is 0.429. The summed E-state index contributed by atoms with van der Waals surface area (Å²) in [7, 11) is 0. The first-order chi connectivity index (χ1) is 8.99. The molecule has 0 spiro atoms. The first-order valence-corrected chi connectivity index (χ1v) is 6.16. The van der Waals surface area contributed by atoms with Crippen LogP contribution in [0.25, 0.3) is 0 Å². The van der Waals surface area contributed by atoms with Gasteiger partial charge in [0.25, 0.3) is 0 Å². The molecular formula is C14H19NO4. The molecule has 0 saturated carbocycles. The van der Waals surface area contributed by atoms with Crippen LogP contribution in [-0.2, 0) is 20.9 Å². The lowest BCUT2D eigenvalue weighted by molar-refractivity contribution is -0.138. The van der Waals surface area contributed by atoms with Crippen molar-refractivity contribution in [2.45, 2.75) is 39.0 Å². The number of carboxylic acid groups (broad SMARTS) is 1. The second-order valence-corrected chi connectivity index (χ2v) is 4.45. The third-order valence-electron chi connectivity index (χ3n) is 2.58. The second kappa shape index (κ2) is 7.53. The molecule has 2 N–H and O–H groups in total. The van der Waals surface area contributed by atoms with Crippen LogP contribution < -0.4 is 5.32 Å². The Morgan fingerprint density at radius 2 is 1.89 bits per heavy atom. The van der Waals surface area contributed by atoms with Gasteiger partial charge in [0.2, 0.25) is 5.91 Å². The number of hydrogen-bond donors (Lipinski definition) is 2. The molecule has 0 heterocycles. The smallest absolute Gasteiger partial charge is 0.305 e. The van der Waals surface area contributed by atoms with E-state index in [1.165, 1.54) is 0 Å². The third-order valence-corrected chi connectivity index (χ3v) is 2.58. The van der Waals surface area contributed by atoms with E-state index >= 15 is 0 Å². The second-order valence-electron chi connectivity index (χ2n) is 4.45. The van der Waals surface area contributed by atoms with Gasteiger partial charge in [-0.2, -0.15) is 0 Å². The van der Waals surface area contributed by atoms with Gasteiger partial charge in [-0.25, -0.2) is 0 Å². The van der Waals surface area contributed by atoms with Gasteiger partial charge in [0, 0.05) is 6.04 Å². The summed E-state index contributed by atoms with van der Waals surface area (Å²) in [6.07, 6.45) is -0.714. The van der Waals surface area contributed by atoms with Crippen molar-refractivity contribution in [3.63, 3.8) is 0 Å². The van der Waals surface area contributed by atoms with Crippen LogP contribution >= 0.6 is 0 Å². The molecule has 19 heavy (non-hydrogen) atoms. The number of amides is 1. The molecule has 0 aliphatic heterocycles. The highest BCUT2D eigenvalue weighted by Gasteiger charge is 2.17. The lowest BCUT2D eigenvalue weighted by Crippen LogP contribution is -2.40. The molecule has 1 amide bonds. The Balaban J connectivity index is 2.34. The number of benzene rings is 1. The fourth-order valence-corrected chi connectivity index (χ4v) is 1.54. The number of carboxylic acids is 1. The zero-order chi connectivity index (χ0) is 14.3.